The van der Waals surface area contributed by atoms with Crippen molar-refractivity contribution in [1.29, 1.82) is 0 Å². The van der Waals surface area contributed by atoms with Gasteiger partial charge in [-0.3, -0.25) is 4.90 Å². The lowest BCUT2D eigenvalue weighted by Gasteiger charge is -2.41. The van der Waals surface area contributed by atoms with Gasteiger partial charge in [0.1, 0.15) is 5.16 Å². The first kappa shape index (κ1) is 10.4. The van der Waals surface area contributed by atoms with Crippen LogP contribution in [0.4, 0.5) is 0 Å². The van der Waals surface area contributed by atoms with Gasteiger partial charge in [-0.1, -0.05) is 11.6 Å². The summed E-state index contributed by atoms with van der Waals surface area (Å²) in [6, 6.07) is 0. The van der Waals surface area contributed by atoms with E-state index in [-0.39, 0.29) is 5.90 Å². The second-order valence-corrected chi connectivity index (χ2v) is 5.22. The summed E-state index contributed by atoms with van der Waals surface area (Å²) in [5.41, 5.74) is 0. The summed E-state index contributed by atoms with van der Waals surface area (Å²) in [6.07, 6.45) is 5.62. The smallest absolute Gasteiger partial charge is 0.205 e. The molecule has 88 valence electrons. The van der Waals surface area contributed by atoms with Gasteiger partial charge < -0.3 is 10.0 Å². The Bertz CT molecular complexity index is 355. The predicted molar refractivity (Wildman–Crippen MR) is 63.4 cm³/mol. The highest BCUT2D eigenvalue weighted by atomic mass is 35.5. The number of aliphatic imine (C=N–C) groups is 1. The van der Waals surface area contributed by atoms with Crippen LogP contribution in [0.25, 0.3) is 0 Å². The zero-order valence-electron chi connectivity index (χ0n) is 9.14. The summed E-state index contributed by atoms with van der Waals surface area (Å²) < 4.78 is 0. The van der Waals surface area contributed by atoms with Crippen molar-refractivity contribution in [2.75, 3.05) is 19.6 Å². The normalized spacial score (nSPS) is 38.3. The second-order valence-electron chi connectivity index (χ2n) is 4.83. The molecule has 3 aliphatic rings. The maximum Gasteiger partial charge on any atom is 0.205 e. The van der Waals surface area contributed by atoms with Gasteiger partial charge in [0.05, 0.1) is 18.9 Å². The average Bonchev–Trinajstić information content (AvgIpc) is 2.65. The Morgan fingerprint density at radius 2 is 2.25 bits per heavy atom. The summed E-state index contributed by atoms with van der Waals surface area (Å²) in [7, 11) is 0. The summed E-state index contributed by atoms with van der Waals surface area (Å²) in [5, 5.41) is 10.1. The van der Waals surface area contributed by atoms with Crippen LogP contribution in [0, 0.1) is 5.92 Å². The Morgan fingerprint density at radius 1 is 1.38 bits per heavy atom. The van der Waals surface area contributed by atoms with Gasteiger partial charge in [0.2, 0.25) is 5.90 Å². The Balaban J connectivity index is 1.78. The molecule has 3 heterocycles. The van der Waals surface area contributed by atoms with Crippen molar-refractivity contribution in [1.82, 2.24) is 9.80 Å². The SMILES string of the molecule is OC1=NC=C(Cl)N(C2CCC3CCN2C3)C1. The Kier molecular flexibility index (Phi) is 2.56. The quantitative estimate of drug-likeness (QED) is 0.711. The molecule has 5 heteroatoms. The van der Waals surface area contributed by atoms with Gasteiger partial charge in [-0.05, 0) is 25.2 Å². The van der Waals surface area contributed by atoms with E-state index < -0.39 is 0 Å². The zero-order chi connectivity index (χ0) is 11.1. The maximum absolute atomic E-state index is 9.48. The molecule has 4 nitrogen and oxygen atoms in total. The highest BCUT2D eigenvalue weighted by molar-refractivity contribution is 6.29. The van der Waals surface area contributed by atoms with Crippen molar-refractivity contribution in [3.63, 3.8) is 0 Å². The molecule has 0 spiro atoms. The average molecular weight is 242 g/mol. The molecule has 3 atom stereocenters. The molecule has 2 saturated heterocycles. The molecule has 0 aromatic rings. The zero-order valence-corrected chi connectivity index (χ0v) is 9.90. The van der Waals surface area contributed by atoms with Gasteiger partial charge in [-0.15, -0.1) is 0 Å². The number of aliphatic hydroxyl groups excluding tert-OH is 1. The van der Waals surface area contributed by atoms with Gasteiger partial charge in [0.15, 0.2) is 0 Å². The Labute approximate surface area is 100 Å². The Morgan fingerprint density at radius 3 is 3.12 bits per heavy atom. The lowest BCUT2D eigenvalue weighted by Crippen LogP contribution is -2.50. The first-order valence-electron chi connectivity index (χ1n) is 5.86. The van der Waals surface area contributed by atoms with E-state index in [0.29, 0.717) is 17.9 Å². The molecular weight excluding hydrogens is 226 g/mol. The van der Waals surface area contributed by atoms with Crippen LogP contribution in [0.2, 0.25) is 0 Å². The van der Waals surface area contributed by atoms with Crippen molar-refractivity contribution in [2.24, 2.45) is 10.9 Å². The van der Waals surface area contributed by atoms with Gasteiger partial charge in [-0.25, -0.2) is 4.99 Å². The third-order valence-electron chi connectivity index (χ3n) is 3.84. The third kappa shape index (κ3) is 1.70. The van der Waals surface area contributed by atoms with E-state index in [9.17, 15) is 5.11 Å². The molecule has 3 aliphatic heterocycles. The largest absolute Gasteiger partial charge is 0.495 e. The molecule has 16 heavy (non-hydrogen) atoms. The van der Waals surface area contributed by atoms with Gasteiger partial charge in [-0.2, -0.15) is 0 Å². The van der Waals surface area contributed by atoms with E-state index in [0.717, 1.165) is 18.9 Å². The number of piperidine rings is 1. The highest BCUT2D eigenvalue weighted by Crippen LogP contribution is 2.34. The first-order valence-corrected chi connectivity index (χ1v) is 6.24. The topological polar surface area (TPSA) is 39.1 Å². The van der Waals surface area contributed by atoms with Crippen molar-refractivity contribution >= 4 is 17.5 Å². The highest BCUT2D eigenvalue weighted by Gasteiger charge is 2.37. The molecule has 1 N–H and O–H groups in total. The molecule has 0 aromatic heterocycles. The fourth-order valence-corrected chi connectivity index (χ4v) is 3.23. The minimum Gasteiger partial charge on any atom is -0.495 e. The molecule has 0 aliphatic carbocycles. The van der Waals surface area contributed by atoms with Crippen LogP contribution < -0.4 is 0 Å². The van der Waals surface area contributed by atoms with Crippen LogP contribution in [0.3, 0.4) is 0 Å². The van der Waals surface area contributed by atoms with Crippen LogP contribution >= 0.6 is 11.6 Å². The van der Waals surface area contributed by atoms with Gasteiger partial charge in [0, 0.05) is 13.1 Å². The van der Waals surface area contributed by atoms with Crippen LogP contribution in [-0.4, -0.2) is 46.6 Å². The van der Waals surface area contributed by atoms with Crippen molar-refractivity contribution in [3.05, 3.63) is 11.4 Å². The minimum absolute atomic E-state index is 0.158. The maximum atomic E-state index is 9.48. The fraction of sp³-hybridized carbons (Fsp3) is 0.727. The molecule has 0 radical (unpaired) electrons. The van der Waals surface area contributed by atoms with E-state index in [2.05, 4.69) is 14.8 Å². The first-order chi connectivity index (χ1) is 7.74. The van der Waals surface area contributed by atoms with Crippen LogP contribution in [0.5, 0.6) is 0 Å². The summed E-state index contributed by atoms with van der Waals surface area (Å²) in [4.78, 5) is 8.37. The standard InChI is InChI=1S/C11H16ClN3O/c12-9-5-13-10(16)7-15(9)11-2-1-8-3-4-14(11)6-8/h5,8,11H,1-4,6-7H2,(H,13,16). The molecule has 2 fully saturated rings. The van der Waals surface area contributed by atoms with Crippen LogP contribution in [0.1, 0.15) is 19.3 Å². The number of hydrogen-bond donors (Lipinski definition) is 1. The van der Waals surface area contributed by atoms with E-state index in [4.69, 9.17) is 11.6 Å². The third-order valence-corrected chi connectivity index (χ3v) is 4.15. The summed E-state index contributed by atoms with van der Waals surface area (Å²) in [6.45, 7) is 2.79. The molecular formula is C11H16ClN3O. The summed E-state index contributed by atoms with van der Waals surface area (Å²) >= 11 is 6.16. The predicted octanol–water partition coefficient (Wildman–Crippen LogP) is 1.74. The number of aliphatic hydroxyl groups is 1. The van der Waals surface area contributed by atoms with Crippen LogP contribution in [0.15, 0.2) is 16.3 Å². The van der Waals surface area contributed by atoms with Crippen molar-refractivity contribution in [3.8, 4) is 0 Å². The molecule has 3 unspecified atom stereocenters. The number of fused-ring (bicyclic) bond motifs is 2. The van der Waals surface area contributed by atoms with Crippen molar-refractivity contribution < 1.29 is 5.11 Å². The molecule has 2 bridgehead atoms. The monoisotopic (exact) mass is 241 g/mol. The fourth-order valence-electron chi connectivity index (χ4n) is 3.01. The minimum atomic E-state index is 0.158. The van der Waals surface area contributed by atoms with Gasteiger partial charge in [0.25, 0.3) is 0 Å². The number of nitrogens with zero attached hydrogens (tertiary/aromatic N) is 3. The van der Waals surface area contributed by atoms with Gasteiger partial charge >= 0.3 is 0 Å². The lowest BCUT2D eigenvalue weighted by atomic mass is 9.98. The molecule has 0 amide bonds. The van der Waals surface area contributed by atoms with E-state index in [1.807, 2.05) is 0 Å². The summed E-state index contributed by atoms with van der Waals surface area (Å²) in [5.74, 6) is 1.04. The van der Waals surface area contributed by atoms with E-state index in [1.165, 1.54) is 19.4 Å². The number of rotatable bonds is 1. The molecule has 0 saturated carbocycles. The molecule has 0 aromatic carbocycles. The number of halogens is 1. The van der Waals surface area contributed by atoms with Crippen molar-refractivity contribution in [2.45, 2.75) is 25.4 Å². The number of hydrogen-bond acceptors (Lipinski definition) is 3. The van der Waals surface area contributed by atoms with E-state index >= 15 is 0 Å². The van der Waals surface area contributed by atoms with Crippen LogP contribution in [-0.2, 0) is 0 Å². The molecule has 3 rings (SSSR count). The lowest BCUT2D eigenvalue weighted by molar-refractivity contribution is 0.0658. The van der Waals surface area contributed by atoms with E-state index in [1.54, 1.807) is 6.20 Å². The Hall–Kier alpha value is -0.740. The second kappa shape index (κ2) is 3.93.